The van der Waals surface area contributed by atoms with Crippen LogP contribution in [0.1, 0.15) is 56.8 Å². The van der Waals surface area contributed by atoms with Crippen molar-refractivity contribution in [2.75, 3.05) is 25.1 Å². The molecule has 1 aromatic rings. The van der Waals surface area contributed by atoms with Gasteiger partial charge in [0.25, 0.3) is 0 Å². The van der Waals surface area contributed by atoms with Crippen molar-refractivity contribution in [3.63, 3.8) is 0 Å². The van der Waals surface area contributed by atoms with Gasteiger partial charge in [0, 0.05) is 37.4 Å². The number of anilines is 1. The van der Waals surface area contributed by atoms with Crippen molar-refractivity contribution in [1.82, 2.24) is 9.97 Å². The predicted molar refractivity (Wildman–Crippen MR) is 89.3 cm³/mol. The molecule has 22 heavy (non-hydrogen) atoms. The number of aryl methyl sites for hydroxylation is 2. The summed E-state index contributed by atoms with van der Waals surface area (Å²) in [6.07, 6.45) is 11.0. The second-order valence-electron chi connectivity index (χ2n) is 7.02. The molecule has 1 aromatic heterocycles. The van der Waals surface area contributed by atoms with Crippen molar-refractivity contribution in [1.29, 1.82) is 0 Å². The van der Waals surface area contributed by atoms with Crippen LogP contribution in [0.3, 0.4) is 0 Å². The highest BCUT2D eigenvalue weighted by atomic mass is 16.5. The zero-order valence-corrected chi connectivity index (χ0v) is 14.3. The van der Waals surface area contributed by atoms with Gasteiger partial charge >= 0.3 is 0 Å². The van der Waals surface area contributed by atoms with E-state index < -0.39 is 0 Å². The van der Waals surface area contributed by atoms with Gasteiger partial charge in [-0.15, -0.1) is 0 Å². The standard InChI is InChI=1S/C18H29N3O/c1-4-7-15-12-19-14(2)20-17(15)21-11-6-10-18(13-21)9-5-8-16(18)22-3/h12,16H,4-11,13H2,1-3H3/t16-,18+/m1/s1. The minimum absolute atomic E-state index is 0.343. The van der Waals surface area contributed by atoms with Gasteiger partial charge in [0.15, 0.2) is 0 Å². The van der Waals surface area contributed by atoms with Gasteiger partial charge in [-0.3, -0.25) is 0 Å². The topological polar surface area (TPSA) is 38.2 Å². The molecule has 1 saturated heterocycles. The van der Waals surface area contributed by atoms with Gasteiger partial charge in [0.05, 0.1) is 6.10 Å². The maximum Gasteiger partial charge on any atom is 0.135 e. The van der Waals surface area contributed by atoms with Crippen LogP contribution in [0.15, 0.2) is 6.20 Å². The van der Waals surface area contributed by atoms with Crippen molar-refractivity contribution in [2.24, 2.45) is 5.41 Å². The molecule has 2 atom stereocenters. The van der Waals surface area contributed by atoms with Crippen molar-refractivity contribution < 1.29 is 4.74 Å². The van der Waals surface area contributed by atoms with Crippen LogP contribution in [0.25, 0.3) is 0 Å². The quantitative estimate of drug-likeness (QED) is 0.853. The van der Waals surface area contributed by atoms with Crippen molar-refractivity contribution in [3.05, 3.63) is 17.6 Å². The lowest BCUT2D eigenvalue weighted by atomic mass is 9.76. The molecule has 0 aromatic carbocycles. The van der Waals surface area contributed by atoms with Crippen LogP contribution in [0.4, 0.5) is 5.82 Å². The lowest BCUT2D eigenvalue weighted by Gasteiger charge is -2.44. The molecule has 122 valence electrons. The van der Waals surface area contributed by atoms with E-state index in [1.54, 1.807) is 0 Å². The summed E-state index contributed by atoms with van der Waals surface area (Å²) < 4.78 is 5.83. The number of methoxy groups -OCH3 is 1. The SMILES string of the molecule is CCCc1cnc(C)nc1N1CCC[C@@]2(CCC[C@H]2OC)C1. The highest BCUT2D eigenvalue weighted by molar-refractivity contribution is 5.47. The highest BCUT2D eigenvalue weighted by Crippen LogP contribution is 2.47. The number of nitrogens with zero attached hydrogens (tertiary/aromatic N) is 3. The Morgan fingerprint density at radius 3 is 2.95 bits per heavy atom. The molecular formula is C18H29N3O. The number of ether oxygens (including phenoxy) is 1. The fourth-order valence-electron chi connectivity index (χ4n) is 4.48. The number of hydrogen-bond donors (Lipinski definition) is 0. The molecule has 1 spiro atoms. The molecule has 0 radical (unpaired) electrons. The Bertz CT molecular complexity index is 519. The summed E-state index contributed by atoms with van der Waals surface area (Å²) >= 11 is 0. The number of aromatic nitrogens is 2. The van der Waals surface area contributed by atoms with Crippen LogP contribution in [-0.2, 0) is 11.2 Å². The molecule has 2 aliphatic rings. The largest absolute Gasteiger partial charge is 0.381 e. The Kier molecular flexibility index (Phi) is 4.67. The Hall–Kier alpha value is -1.16. The summed E-state index contributed by atoms with van der Waals surface area (Å²) in [5, 5.41) is 0. The first-order chi connectivity index (χ1) is 10.7. The van der Waals surface area contributed by atoms with E-state index in [1.807, 2.05) is 20.2 Å². The predicted octanol–water partition coefficient (Wildman–Crippen LogP) is 3.52. The van der Waals surface area contributed by atoms with Crippen LogP contribution in [-0.4, -0.2) is 36.3 Å². The van der Waals surface area contributed by atoms with Crippen LogP contribution < -0.4 is 4.90 Å². The monoisotopic (exact) mass is 303 g/mol. The van der Waals surface area contributed by atoms with Gasteiger partial charge in [-0.05, 0) is 39.0 Å². The van der Waals surface area contributed by atoms with Crippen molar-refractivity contribution >= 4 is 5.82 Å². The molecule has 3 rings (SSSR count). The summed E-state index contributed by atoms with van der Waals surface area (Å²) in [7, 11) is 1.88. The second-order valence-corrected chi connectivity index (χ2v) is 7.02. The average Bonchev–Trinajstić information content (AvgIpc) is 2.91. The maximum absolute atomic E-state index is 5.83. The van der Waals surface area contributed by atoms with Gasteiger partial charge in [-0.2, -0.15) is 0 Å². The van der Waals surface area contributed by atoms with Gasteiger partial charge in [-0.25, -0.2) is 9.97 Å². The minimum atomic E-state index is 0.343. The average molecular weight is 303 g/mol. The summed E-state index contributed by atoms with van der Waals surface area (Å²) in [5.74, 6) is 2.05. The first-order valence-electron chi connectivity index (χ1n) is 8.79. The summed E-state index contributed by atoms with van der Waals surface area (Å²) in [4.78, 5) is 11.7. The number of rotatable bonds is 4. The summed E-state index contributed by atoms with van der Waals surface area (Å²) in [6, 6.07) is 0. The minimum Gasteiger partial charge on any atom is -0.381 e. The zero-order valence-electron chi connectivity index (χ0n) is 14.3. The molecule has 0 unspecified atom stereocenters. The Balaban J connectivity index is 1.87. The van der Waals surface area contributed by atoms with Gasteiger partial charge in [0.1, 0.15) is 11.6 Å². The van der Waals surface area contributed by atoms with E-state index in [0.29, 0.717) is 11.5 Å². The molecule has 1 aliphatic carbocycles. The van der Waals surface area contributed by atoms with E-state index in [-0.39, 0.29) is 0 Å². The van der Waals surface area contributed by atoms with Crippen LogP contribution in [0.2, 0.25) is 0 Å². The highest BCUT2D eigenvalue weighted by Gasteiger charge is 2.46. The molecule has 0 N–H and O–H groups in total. The Morgan fingerprint density at radius 2 is 2.18 bits per heavy atom. The zero-order chi connectivity index (χ0) is 15.6. The van der Waals surface area contributed by atoms with Crippen molar-refractivity contribution in [3.8, 4) is 0 Å². The van der Waals surface area contributed by atoms with E-state index in [1.165, 1.54) is 43.5 Å². The molecule has 4 heteroatoms. The second kappa shape index (κ2) is 6.53. The molecule has 0 bridgehead atoms. The fraction of sp³-hybridized carbons (Fsp3) is 0.778. The number of hydrogen-bond acceptors (Lipinski definition) is 4. The van der Waals surface area contributed by atoms with E-state index in [4.69, 9.17) is 9.72 Å². The molecule has 0 amide bonds. The van der Waals surface area contributed by atoms with Crippen LogP contribution in [0, 0.1) is 12.3 Å². The van der Waals surface area contributed by atoms with Crippen LogP contribution in [0.5, 0.6) is 0 Å². The Morgan fingerprint density at radius 1 is 1.36 bits per heavy atom. The summed E-state index contributed by atoms with van der Waals surface area (Å²) in [6.45, 7) is 6.43. The lowest BCUT2D eigenvalue weighted by molar-refractivity contribution is 0.00213. The third-order valence-electron chi connectivity index (χ3n) is 5.50. The normalized spacial score (nSPS) is 28.5. The van der Waals surface area contributed by atoms with E-state index >= 15 is 0 Å². The molecule has 2 fully saturated rings. The molecule has 1 aliphatic heterocycles. The molecule has 1 saturated carbocycles. The first kappa shape index (κ1) is 15.7. The fourth-order valence-corrected chi connectivity index (χ4v) is 4.48. The van der Waals surface area contributed by atoms with Gasteiger partial charge in [-0.1, -0.05) is 19.8 Å². The molecule has 2 heterocycles. The van der Waals surface area contributed by atoms with Crippen LogP contribution >= 0.6 is 0 Å². The van der Waals surface area contributed by atoms with E-state index in [2.05, 4.69) is 16.8 Å². The molecular weight excluding hydrogens is 274 g/mol. The number of piperidine rings is 1. The lowest BCUT2D eigenvalue weighted by Crippen LogP contribution is -2.48. The Labute approximate surface area is 134 Å². The maximum atomic E-state index is 5.83. The summed E-state index contributed by atoms with van der Waals surface area (Å²) in [5.41, 5.74) is 1.65. The third kappa shape index (κ3) is 2.85. The smallest absolute Gasteiger partial charge is 0.135 e. The van der Waals surface area contributed by atoms with E-state index in [9.17, 15) is 0 Å². The van der Waals surface area contributed by atoms with Crippen molar-refractivity contribution in [2.45, 2.75) is 64.9 Å². The molecule has 4 nitrogen and oxygen atoms in total. The third-order valence-corrected chi connectivity index (χ3v) is 5.50. The van der Waals surface area contributed by atoms with E-state index in [0.717, 1.165) is 31.8 Å². The van der Waals surface area contributed by atoms with Gasteiger partial charge < -0.3 is 9.64 Å². The van der Waals surface area contributed by atoms with Gasteiger partial charge in [0.2, 0.25) is 0 Å². The first-order valence-corrected chi connectivity index (χ1v) is 8.79.